The number of rotatable bonds is 5. The molecule has 0 unspecified atom stereocenters. The van der Waals surface area contributed by atoms with Crippen LogP contribution in [0.1, 0.15) is 44.6 Å². The highest BCUT2D eigenvalue weighted by molar-refractivity contribution is 9.11. The molecule has 4 nitrogen and oxygen atoms in total. The maximum absolute atomic E-state index is 11.7. The highest BCUT2D eigenvalue weighted by Crippen LogP contribution is 2.31. The molecule has 1 aromatic carbocycles. The van der Waals surface area contributed by atoms with Gasteiger partial charge in [0.25, 0.3) is 0 Å². The van der Waals surface area contributed by atoms with Gasteiger partial charge in [-0.15, -0.1) is 0 Å². The fourth-order valence-corrected chi connectivity index (χ4v) is 4.08. The van der Waals surface area contributed by atoms with E-state index in [1.807, 2.05) is 19.1 Å². The lowest BCUT2D eigenvalue weighted by Crippen LogP contribution is -2.34. The third kappa shape index (κ3) is 5.05. The number of hydrogen-bond donors (Lipinski definition) is 3. The number of carbonyl (C=O) groups excluding carboxylic acids is 1. The van der Waals surface area contributed by atoms with E-state index in [1.165, 1.54) is 0 Å². The van der Waals surface area contributed by atoms with E-state index in [0.717, 1.165) is 45.9 Å². The van der Waals surface area contributed by atoms with E-state index in [2.05, 4.69) is 42.5 Å². The minimum Gasteiger partial charge on any atom is -0.393 e. The summed E-state index contributed by atoms with van der Waals surface area (Å²) in [6.07, 6.45) is 4.02. The van der Waals surface area contributed by atoms with Crippen LogP contribution in [0.2, 0.25) is 0 Å². The van der Waals surface area contributed by atoms with Crippen LogP contribution in [-0.2, 0) is 11.3 Å². The number of carbonyl (C=O) groups is 1. The summed E-state index contributed by atoms with van der Waals surface area (Å²) < 4.78 is 1.85. The Balaban J connectivity index is 2.06. The third-order valence-electron chi connectivity index (χ3n) is 4.00. The summed E-state index contributed by atoms with van der Waals surface area (Å²) >= 11 is 7.02. The molecule has 122 valence electrons. The lowest BCUT2D eigenvalue weighted by molar-refractivity contribution is -0.115. The van der Waals surface area contributed by atoms with Gasteiger partial charge in [0.1, 0.15) is 0 Å². The highest BCUT2D eigenvalue weighted by atomic mass is 79.9. The van der Waals surface area contributed by atoms with Crippen LogP contribution in [0, 0.1) is 0 Å². The van der Waals surface area contributed by atoms with Gasteiger partial charge in [0, 0.05) is 28.0 Å². The molecule has 22 heavy (non-hydrogen) atoms. The summed E-state index contributed by atoms with van der Waals surface area (Å²) in [7, 11) is 0. The van der Waals surface area contributed by atoms with Gasteiger partial charge in [-0.05, 0) is 59.3 Å². The first kappa shape index (κ1) is 17.9. The number of anilines is 1. The average molecular weight is 434 g/mol. The Morgan fingerprint density at radius 1 is 1.27 bits per heavy atom. The van der Waals surface area contributed by atoms with Gasteiger partial charge in [-0.3, -0.25) is 4.79 Å². The Morgan fingerprint density at radius 2 is 1.95 bits per heavy atom. The molecule has 3 N–H and O–H groups in total. The molecule has 0 spiro atoms. The molecule has 0 atom stereocenters. The Morgan fingerprint density at radius 3 is 2.59 bits per heavy atom. The highest BCUT2D eigenvalue weighted by Gasteiger charge is 2.19. The summed E-state index contributed by atoms with van der Waals surface area (Å²) in [4.78, 5) is 11.7. The molecule has 1 fully saturated rings. The Hall–Kier alpha value is -0.430. The molecule has 1 amide bonds. The maximum atomic E-state index is 11.7. The minimum absolute atomic E-state index is 0.00469. The second kappa shape index (κ2) is 8.43. The van der Waals surface area contributed by atoms with E-state index in [1.54, 1.807) is 0 Å². The van der Waals surface area contributed by atoms with Gasteiger partial charge in [0.05, 0.1) is 11.8 Å². The Bertz CT molecular complexity index is 529. The predicted octanol–water partition coefficient (Wildman–Crippen LogP) is 3.95. The molecule has 0 bridgehead atoms. The average Bonchev–Trinajstić information content (AvgIpc) is 2.49. The number of halogens is 2. The smallest absolute Gasteiger partial charge is 0.224 e. The molecular weight excluding hydrogens is 412 g/mol. The molecule has 0 radical (unpaired) electrons. The molecule has 0 saturated heterocycles. The van der Waals surface area contributed by atoms with Crippen LogP contribution in [0.5, 0.6) is 0 Å². The first-order valence-corrected chi connectivity index (χ1v) is 9.27. The van der Waals surface area contributed by atoms with Crippen LogP contribution in [0.3, 0.4) is 0 Å². The largest absolute Gasteiger partial charge is 0.393 e. The summed E-state index contributed by atoms with van der Waals surface area (Å²) in [5, 5.41) is 16.1. The zero-order chi connectivity index (χ0) is 16.1. The van der Waals surface area contributed by atoms with Crippen molar-refractivity contribution in [3.63, 3.8) is 0 Å². The molecule has 6 heteroatoms. The van der Waals surface area contributed by atoms with Crippen molar-refractivity contribution in [2.24, 2.45) is 0 Å². The molecule has 1 saturated carbocycles. The van der Waals surface area contributed by atoms with Crippen molar-refractivity contribution >= 4 is 43.5 Å². The molecule has 0 aliphatic heterocycles. The minimum atomic E-state index is -0.141. The van der Waals surface area contributed by atoms with Crippen molar-refractivity contribution in [3.8, 4) is 0 Å². The predicted molar refractivity (Wildman–Crippen MR) is 95.9 cm³/mol. The van der Waals surface area contributed by atoms with Crippen molar-refractivity contribution in [2.75, 3.05) is 5.32 Å². The summed E-state index contributed by atoms with van der Waals surface area (Å²) in [6, 6.07) is 4.39. The van der Waals surface area contributed by atoms with Gasteiger partial charge >= 0.3 is 0 Å². The molecule has 2 rings (SSSR count). The molecule has 0 aromatic heterocycles. The molecule has 1 aromatic rings. The van der Waals surface area contributed by atoms with Crippen LogP contribution in [-0.4, -0.2) is 23.2 Å². The van der Waals surface area contributed by atoms with Crippen molar-refractivity contribution in [1.29, 1.82) is 0 Å². The van der Waals surface area contributed by atoms with Crippen molar-refractivity contribution < 1.29 is 9.90 Å². The van der Waals surface area contributed by atoms with E-state index in [9.17, 15) is 9.90 Å². The van der Waals surface area contributed by atoms with Crippen LogP contribution in [0.25, 0.3) is 0 Å². The zero-order valence-electron chi connectivity index (χ0n) is 12.7. The number of nitrogens with one attached hydrogen (secondary N) is 2. The van der Waals surface area contributed by atoms with E-state index < -0.39 is 0 Å². The SMILES string of the molecule is CCC(=O)Nc1c(Br)cc(Br)cc1CNC1CCC(O)CC1. The summed E-state index contributed by atoms with van der Waals surface area (Å²) in [6.45, 7) is 2.53. The number of aliphatic hydroxyl groups excluding tert-OH is 1. The van der Waals surface area contributed by atoms with Crippen LogP contribution in [0.15, 0.2) is 21.1 Å². The van der Waals surface area contributed by atoms with Crippen molar-refractivity contribution in [2.45, 2.75) is 57.7 Å². The lowest BCUT2D eigenvalue weighted by atomic mass is 9.93. The second-order valence-corrected chi connectivity index (χ2v) is 7.48. The summed E-state index contributed by atoms with van der Waals surface area (Å²) in [5.41, 5.74) is 1.88. The third-order valence-corrected chi connectivity index (χ3v) is 5.08. The van der Waals surface area contributed by atoms with E-state index in [0.29, 0.717) is 19.0 Å². The first-order valence-electron chi connectivity index (χ1n) is 7.68. The lowest BCUT2D eigenvalue weighted by Gasteiger charge is -2.27. The second-order valence-electron chi connectivity index (χ2n) is 5.71. The molecule has 1 aliphatic rings. The normalized spacial score (nSPS) is 21.6. The van der Waals surface area contributed by atoms with E-state index in [-0.39, 0.29) is 12.0 Å². The number of benzene rings is 1. The fourth-order valence-electron chi connectivity index (χ4n) is 2.67. The summed E-state index contributed by atoms with van der Waals surface area (Å²) in [5.74, 6) is 0.00469. The van der Waals surface area contributed by atoms with Crippen LogP contribution < -0.4 is 10.6 Å². The quantitative estimate of drug-likeness (QED) is 0.658. The van der Waals surface area contributed by atoms with Gasteiger partial charge in [-0.1, -0.05) is 22.9 Å². The van der Waals surface area contributed by atoms with Gasteiger partial charge in [0.15, 0.2) is 0 Å². The maximum Gasteiger partial charge on any atom is 0.224 e. The van der Waals surface area contributed by atoms with Gasteiger partial charge in [-0.25, -0.2) is 0 Å². The van der Waals surface area contributed by atoms with Crippen LogP contribution >= 0.6 is 31.9 Å². The fraction of sp³-hybridized carbons (Fsp3) is 0.562. The van der Waals surface area contributed by atoms with Crippen molar-refractivity contribution in [3.05, 3.63) is 26.6 Å². The van der Waals surface area contributed by atoms with E-state index in [4.69, 9.17) is 0 Å². The van der Waals surface area contributed by atoms with Gasteiger partial charge < -0.3 is 15.7 Å². The monoisotopic (exact) mass is 432 g/mol. The van der Waals surface area contributed by atoms with Gasteiger partial charge in [0.2, 0.25) is 5.91 Å². The Labute approximate surface area is 148 Å². The number of hydrogen-bond acceptors (Lipinski definition) is 3. The van der Waals surface area contributed by atoms with Crippen LogP contribution in [0.4, 0.5) is 5.69 Å². The zero-order valence-corrected chi connectivity index (χ0v) is 15.8. The Kier molecular flexibility index (Phi) is 6.87. The van der Waals surface area contributed by atoms with Gasteiger partial charge in [-0.2, -0.15) is 0 Å². The standard InChI is InChI=1S/C16H22Br2N2O2/c1-2-15(22)20-16-10(7-11(17)8-14(16)18)9-19-12-3-5-13(21)6-4-12/h7-8,12-13,19,21H,2-6,9H2,1H3,(H,20,22). The van der Waals surface area contributed by atoms with E-state index >= 15 is 0 Å². The molecule has 1 aliphatic carbocycles. The van der Waals surface area contributed by atoms with Crippen molar-refractivity contribution in [1.82, 2.24) is 5.32 Å². The molecule has 0 heterocycles. The first-order chi connectivity index (χ1) is 10.5. The number of aliphatic hydroxyl groups is 1. The number of amides is 1. The molecular formula is C16H22Br2N2O2. The topological polar surface area (TPSA) is 61.4 Å².